The van der Waals surface area contributed by atoms with Gasteiger partial charge < -0.3 is 16.2 Å². The lowest BCUT2D eigenvalue weighted by Gasteiger charge is -2.29. The normalized spacial score (nSPS) is 22.2. The number of nitrogens with one attached hydrogen (secondary N) is 1. The minimum Gasteiger partial charge on any atom is -0.481 e. The first-order chi connectivity index (χ1) is 9.47. The number of aliphatic carboxylic acids is 1. The molecule has 1 aliphatic carbocycles. The Balaban J connectivity index is 2.19. The van der Waals surface area contributed by atoms with Gasteiger partial charge in [-0.25, -0.2) is 4.98 Å². The summed E-state index contributed by atoms with van der Waals surface area (Å²) in [6.07, 6.45) is 3.39. The number of carboxylic acid groups (broad SMARTS) is 1. The van der Waals surface area contributed by atoms with E-state index in [9.17, 15) is 14.7 Å². The number of nitrogens with two attached hydrogens (primary N) is 1. The van der Waals surface area contributed by atoms with Gasteiger partial charge in [0.05, 0.1) is 5.92 Å². The largest absolute Gasteiger partial charge is 0.481 e. The third-order valence-corrected chi connectivity index (χ3v) is 3.65. The third-order valence-electron chi connectivity index (χ3n) is 3.65. The van der Waals surface area contributed by atoms with Gasteiger partial charge in [-0.05, 0) is 31.9 Å². The summed E-state index contributed by atoms with van der Waals surface area (Å²) in [4.78, 5) is 26.8. The molecule has 20 heavy (non-hydrogen) atoms. The average Bonchev–Trinajstić information content (AvgIpc) is 2.38. The Hall–Kier alpha value is -2.11. The van der Waals surface area contributed by atoms with Crippen molar-refractivity contribution in [2.24, 2.45) is 11.7 Å². The molecule has 1 aliphatic rings. The number of primary amides is 1. The summed E-state index contributed by atoms with van der Waals surface area (Å²) in [6, 6.07) is 3.03. The minimum absolute atomic E-state index is 0.156. The third kappa shape index (κ3) is 3.26. The van der Waals surface area contributed by atoms with E-state index in [-0.39, 0.29) is 6.04 Å². The molecule has 0 radical (unpaired) electrons. The first-order valence-corrected chi connectivity index (χ1v) is 6.75. The molecule has 0 aliphatic heterocycles. The van der Waals surface area contributed by atoms with Crippen LogP contribution in [0.1, 0.15) is 41.7 Å². The average molecular weight is 277 g/mol. The molecule has 2 rings (SSSR count). The molecule has 1 saturated carbocycles. The van der Waals surface area contributed by atoms with Crippen LogP contribution in [0.5, 0.6) is 0 Å². The van der Waals surface area contributed by atoms with Crippen molar-refractivity contribution in [1.82, 2.24) is 4.98 Å². The zero-order valence-corrected chi connectivity index (χ0v) is 11.4. The maximum Gasteiger partial charge on any atom is 0.308 e. The van der Waals surface area contributed by atoms with Crippen molar-refractivity contribution in [3.05, 3.63) is 23.4 Å². The number of rotatable bonds is 4. The van der Waals surface area contributed by atoms with Gasteiger partial charge in [-0.2, -0.15) is 0 Å². The van der Waals surface area contributed by atoms with Gasteiger partial charge in [0.25, 0.3) is 0 Å². The minimum atomic E-state index is -0.787. The first-order valence-electron chi connectivity index (χ1n) is 6.75. The molecule has 6 nitrogen and oxygen atoms in total. The van der Waals surface area contributed by atoms with Crippen molar-refractivity contribution in [1.29, 1.82) is 0 Å². The molecule has 1 amide bonds. The number of hydrogen-bond donors (Lipinski definition) is 3. The summed E-state index contributed by atoms with van der Waals surface area (Å²) in [6.45, 7) is 1.77. The fraction of sp³-hybridized carbons (Fsp3) is 0.500. The maximum absolute atomic E-state index is 11.3. The van der Waals surface area contributed by atoms with Crippen LogP contribution in [-0.4, -0.2) is 28.0 Å². The van der Waals surface area contributed by atoms with Crippen molar-refractivity contribution in [2.45, 2.75) is 38.6 Å². The highest BCUT2D eigenvalue weighted by molar-refractivity contribution is 5.93. The zero-order chi connectivity index (χ0) is 14.7. The fourth-order valence-corrected chi connectivity index (χ4v) is 2.67. The Labute approximate surface area is 117 Å². The van der Waals surface area contributed by atoms with Gasteiger partial charge in [0.15, 0.2) is 0 Å². The van der Waals surface area contributed by atoms with Crippen molar-refractivity contribution < 1.29 is 14.7 Å². The summed E-state index contributed by atoms with van der Waals surface area (Å²) >= 11 is 0. The number of aromatic nitrogens is 1. The molecule has 0 bridgehead atoms. The molecule has 0 spiro atoms. The lowest BCUT2D eigenvalue weighted by Crippen LogP contribution is -2.37. The van der Waals surface area contributed by atoms with Crippen LogP contribution < -0.4 is 11.1 Å². The Kier molecular flexibility index (Phi) is 4.22. The highest BCUT2D eigenvalue weighted by Crippen LogP contribution is 2.27. The summed E-state index contributed by atoms with van der Waals surface area (Å²) in [7, 11) is 0. The van der Waals surface area contributed by atoms with Gasteiger partial charge in [0.2, 0.25) is 5.91 Å². The van der Waals surface area contributed by atoms with Crippen LogP contribution in [-0.2, 0) is 4.79 Å². The van der Waals surface area contributed by atoms with Gasteiger partial charge >= 0.3 is 5.97 Å². The molecule has 1 aromatic heterocycles. The summed E-state index contributed by atoms with van der Waals surface area (Å²) in [5, 5.41) is 12.4. The smallest absolute Gasteiger partial charge is 0.308 e. The van der Waals surface area contributed by atoms with E-state index in [1.807, 2.05) is 0 Å². The van der Waals surface area contributed by atoms with E-state index in [2.05, 4.69) is 10.3 Å². The standard InChI is InChI=1S/C14H19N3O3/c1-8-6-9(13(15)18)7-12(16-8)17-11-5-3-2-4-10(11)14(19)20/h6-7,10-11H,2-5H2,1H3,(H2,15,18)(H,16,17)(H,19,20). The number of amides is 1. The Morgan fingerprint density at radius 2 is 2.05 bits per heavy atom. The van der Waals surface area contributed by atoms with Crippen molar-refractivity contribution in [3.63, 3.8) is 0 Å². The van der Waals surface area contributed by atoms with E-state index in [1.165, 1.54) is 0 Å². The molecule has 6 heteroatoms. The van der Waals surface area contributed by atoms with Crippen LogP contribution in [0.2, 0.25) is 0 Å². The first kappa shape index (κ1) is 14.3. The van der Waals surface area contributed by atoms with Crippen LogP contribution in [0.25, 0.3) is 0 Å². The van der Waals surface area contributed by atoms with Crippen molar-refractivity contribution in [3.8, 4) is 0 Å². The quantitative estimate of drug-likeness (QED) is 0.774. The van der Waals surface area contributed by atoms with Gasteiger partial charge in [0.1, 0.15) is 5.82 Å². The topological polar surface area (TPSA) is 105 Å². The van der Waals surface area contributed by atoms with Gasteiger partial charge in [-0.15, -0.1) is 0 Å². The summed E-state index contributed by atoms with van der Waals surface area (Å²) in [5.41, 5.74) is 6.32. The number of hydrogen-bond acceptors (Lipinski definition) is 4. The van der Waals surface area contributed by atoms with Crippen molar-refractivity contribution in [2.75, 3.05) is 5.32 Å². The van der Waals surface area contributed by atoms with Crippen LogP contribution in [0.3, 0.4) is 0 Å². The Morgan fingerprint density at radius 3 is 2.70 bits per heavy atom. The number of pyridine rings is 1. The summed E-state index contributed by atoms with van der Waals surface area (Å²) in [5.74, 6) is -1.21. The fourth-order valence-electron chi connectivity index (χ4n) is 2.67. The van der Waals surface area contributed by atoms with E-state index < -0.39 is 17.8 Å². The Bertz CT molecular complexity index is 530. The molecule has 1 fully saturated rings. The van der Waals surface area contributed by atoms with E-state index in [0.717, 1.165) is 19.3 Å². The molecular weight excluding hydrogens is 258 g/mol. The van der Waals surface area contributed by atoms with E-state index >= 15 is 0 Å². The van der Waals surface area contributed by atoms with Gasteiger partial charge in [-0.3, -0.25) is 9.59 Å². The highest BCUT2D eigenvalue weighted by atomic mass is 16.4. The second-order valence-electron chi connectivity index (χ2n) is 5.23. The SMILES string of the molecule is Cc1cc(C(N)=O)cc(NC2CCCCC2C(=O)O)n1. The van der Waals surface area contributed by atoms with Crippen LogP contribution >= 0.6 is 0 Å². The number of carbonyl (C=O) groups excluding carboxylic acids is 1. The lowest BCUT2D eigenvalue weighted by atomic mass is 9.84. The lowest BCUT2D eigenvalue weighted by molar-refractivity contribution is -0.143. The highest BCUT2D eigenvalue weighted by Gasteiger charge is 2.31. The second-order valence-corrected chi connectivity index (χ2v) is 5.23. The van der Waals surface area contributed by atoms with Gasteiger partial charge in [-0.1, -0.05) is 12.8 Å². The number of anilines is 1. The van der Waals surface area contributed by atoms with Crippen LogP contribution in [0.4, 0.5) is 5.82 Å². The van der Waals surface area contributed by atoms with Gasteiger partial charge in [0, 0.05) is 17.3 Å². The predicted octanol–water partition coefficient (Wildman–Crippen LogP) is 1.54. The molecule has 2 atom stereocenters. The van der Waals surface area contributed by atoms with Crippen molar-refractivity contribution >= 4 is 17.7 Å². The zero-order valence-electron chi connectivity index (χ0n) is 11.4. The number of aryl methyl sites for hydroxylation is 1. The molecule has 0 saturated heterocycles. The number of nitrogens with zero attached hydrogens (tertiary/aromatic N) is 1. The maximum atomic E-state index is 11.3. The Morgan fingerprint density at radius 1 is 1.35 bits per heavy atom. The second kappa shape index (κ2) is 5.90. The monoisotopic (exact) mass is 277 g/mol. The summed E-state index contributed by atoms with van der Waals surface area (Å²) < 4.78 is 0. The number of carboxylic acids is 1. The van der Waals surface area contributed by atoms with E-state index in [4.69, 9.17) is 5.73 Å². The van der Waals surface area contributed by atoms with E-state index in [1.54, 1.807) is 19.1 Å². The van der Waals surface area contributed by atoms with Crippen LogP contribution in [0.15, 0.2) is 12.1 Å². The molecule has 0 aromatic carbocycles. The molecule has 108 valence electrons. The molecule has 1 heterocycles. The molecular formula is C14H19N3O3. The van der Waals surface area contributed by atoms with E-state index in [0.29, 0.717) is 23.5 Å². The van der Waals surface area contributed by atoms with Crippen LogP contribution in [0, 0.1) is 12.8 Å². The molecule has 4 N–H and O–H groups in total. The number of carbonyl (C=O) groups is 2. The molecule has 1 aromatic rings. The predicted molar refractivity (Wildman–Crippen MR) is 74.5 cm³/mol. The molecule has 2 unspecified atom stereocenters.